The fourth-order valence-electron chi connectivity index (χ4n) is 2.00. The van der Waals surface area contributed by atoms with Crippen LogP contribution in [-0.2, 0) is 6.61 Å². The molecule has 1 heterocycles. The highest BCUT2D eigenvalue weighted by atomic mass is 16.5. The topological polar surface area (TPSA) is 72.6 Å². The molecule has 0 fully saturated rings. The summed E-state index contributed by atoms with van der Waals surface area (Å²) in [6, 6.07) is 17.0. The van der Waals surface area contributed by atoms with Gasteiger partial charge in [-0.1, -0.05) is 42.5 Å². The first-order valence-corrected chi connectivity index (χ1v) is 6.69. The van der Waals surface area contributed by atoms with Crippen LogP contribution in [0.4, 0.5) is 0 Å². The van der Waals surface area contributed by atoms with E-state index in [1.807, 2.05) is 42.5 Å². The van der Waals surface area contributed by atoms with Gasteiger partial charge in [0.25, 0.3) is 0 Å². The summed E-state index contributed by atoms with van der Waals surface area (Å²) < 4.78 is 11.0. The van der Waals surface area contributed by atoms with Gasteiger partial charge in [-0.25, -0.2) is 9.78 Å². The lowest BCUT2D eigenvalue weighted by molar-refractivity contribution is 0.0690. The number of aromatic nitrogens is 1. The highest BCUT2D eigenvalue weighted by molar-refractivity contribution is 5.85. The second-order valence-electron chi connectivity index (χ2n) is 4.61. The van der Waals surface area contributed by atoms with Gasteiger partial charge in [0.2, 0.25) is 5.89 Å². The monoisotopic (exact) mass is 295 g/mol. The summed E-state index contributed by atoms with van der Waals surface area (Å²) in [7, 11) is 0. The molecule has 1 N–H and O–H groups in total. The number of carbonyl (C=O) groups is 1. The van der Waals surface area contributed by atoms with Crippen molar-refractivity contribution in [1.82, 2.24) is 4.98 Å². The maximum Gasteiger partial charge on any atom is 0.357 e. The second kappa shape index (κ2) is 6.13. The average Bonchev–Trinajstić information content (AvgIpc) is 3.04. The molecule has 0 saturated carbocycles. The van der Waals surface area contributed by atoms with Crippen LogP contribution in [0.2, 0.25) is 0 Å². The maximum atomic E-state index is 10.9. The Bertz CT molecular complexity index is 780. The molecule has 5 heteroatoms. The molecule has 3 rings (SSSR count). The number of oxazole rings is 1. The van der Waals surface area contributed by atoms with Gasteiger partial charge in [0.1, 0.15) is 18.6 Å². The summed E-state index contributed by atoms with van der Waals surface area (Å²) in [5.74, 6) is -0.316. The molecular weight excluding hydrogens is 282 g/mol. The predicted molar refractivity (Wildman–Crippen MR) is 79.7 cm³/mol. The van der Waals surface area contributed by atoms with E-state index in [1.165, 1.54) is 0 Å². The van der Waals surface area contributed by atoms with Gasteiger partial charge in [-0.3, -0.25) is 0 Å². The Morgan fingerprint density at radius 3 is 2.55 bits per heavy atom. The van der Waals surface area contributed by atoms with Crippen molar-refractivity contribution in [3.63, 3.8) is 0 Å². The van der Waals surface area contributed by atoms with Crippen LogP contribution in [-0.4, -0.2) is 16.1 Å². The SMILES string of the molecule is O=C(O)c1coc(-c2ccccc2OCc2ccccc2)n1. The smallest absolute Gasteiger partial charge is 0.357 e. The summed E-state index contributed by atoms with van der Waals surface area (Å²) in [6.07, 6.45) is 1.12. The zero-order valence-corrected chi connectivity index (χ0v) is 11.6. The number of hydrogen-bond acceptors (Lipinski definition) is 4. The van der Waals surface area contributed by atoms with Crippen LogP contribution in [0.15, 0.2) is 65.3 Å². The van der Waals surface area contributed by atoms with E-state index in [4.69, 9.17) is 14.3 Å². The van der Waals surface area contributed by atoms with E-state index >= 15 is 0 Å². The normalized spacial score (nSPS) is 10.4. The van der Waals surface area contributed by atoms with E-state index in [9.17, 15) is 4.79 Å². The van der Waals surface area contributed by atoms with Gasteiger partial charge < -0.3 is 14.3 Å². The number of nitrogens with zero attached hydrogens (tertiary/aromatic N) is 1. The van der Waals surface area contributed by atoms with Gasteiger partial charge in [0, 0.05) is 0 Å². The molecule has 22 heavy (non-hydrogen) atoms. The summed E-state index contributed by atoms with van der Waals surface area (Å²) in [5, 5.41) is 8.91. The maximum absolute atomic E-state index is 10.9. The number of rotatable bonds is 5. The third kappa shape index (κ3) is 2.98. The van der Waals surface area contributed by atoms with E-state index < -0.39 is 5.97 Å². The molecule has 0 bridgehead atoms. The molecule has 0 amide bonds. The molecule has 0 atom stereocenters. The number of carboxylic acid groups (broad SMARTS) is 1. The van der Waals surface area contributed by atoms with E-state index in [1.54, 1.807) is 12.1 Å². The standard InChI is InChI=1S/C17H13NO4/c19-17(20)14-11-22-16(18-14)13-8-4-5-9-15(13)21-10-12-6-2-1-3-7-12/h1-9,11H,10H2,(H,19,20). The highest BCUT2D eigenvalue weighted by Crippen LogP contribution is 2.29. The van der Waals surface area contributed by atoms with Crippen LogP contribution in [0.5, 0.6) is 5.75 Å². The van der Waals surface area contributed by atoms with Crippen LogP contribution in [0, 0.1) is 0 Å². The Balaban J connectivity index is 1.84. The quantitative estimate of drug-likeness (QED) is 0.778. The highest BCUT2D eigenvalue weighted by Gasteiger charge is 2.15. The van der Waals surface area contributed by atoms with E-state index in [2.05, 4.69) is 4.98 Å². The summed E-state index contributed by atoms with van der Waals surface area (Å²) in [6.45, 7) is 0.407. The van der Waals surface area contributed by atoms with E-state index in [0.29, 0.717) is 17.9 Å². The lowest BCUT2D eigenvalue weighted by Crippen LogP contribution is -1.98. The molecular formula is C17H13NO4. The fourth-order valence-corrected chi connectivity index (χ4v) is 2.00. The van der Waals surface area contributed by atoms with Crippen LogP contribution >= 0.6 is 0 Å². The average molecular weight is 295 g/mol. The number of ether oxygens (including phenoxy) is 1. The van der Waals surface area contributed by atoms with Gasteiger partial charge in [-0.2, -0.15) is 0 Å². The third-order valence-corrected chi connectivity index (χ3v) is 3.08. The molecule has 2 aromatic carbocycles. The van der Waals surface area contributed by atoms with Crippen LogP contribution in [0.1, 0.15) is 16.1 Å². The first-order valence-electron chi connectivity index (χ1n) is 6.69. The van der Waals surface area contributed by atoms with Crippen molar-refractivity contribution in [1.29, 1.82) is 0 Å². The van der Waals surface area contributed by atoms with E-state index in [0.717, 1.165) is 11.8 Å². The van der Waals surface area contributed by atoms with Crippen molar-refractivity contribution in [2.75, 3.05) is 0 Å². The van der Waals surface area contributed by atoms with Gasteiger partial charge in [0.05, 0.1) is 5.56 Å². The number of aromatic carboxylic acids is 1. The first-order chi connectivity index (χ1) is 10.7. The molecule has 5 nitrogen and oxygen atoms in total. The predicted octanol–water partition coefficient (Wildman–Crippen LogP) is 3.62. The lowest BCUT2D eigenvalue weighted by atomic mass is 10.2. The van der Waals surface area contributed by atoms with Crippen molar-refractivity contribution in [3.05, 3.63) is 72.1 Å². The summed E-state index contributed by atoms with van der Waals surface area (Å²) in [5.41, 5.74) is 1.52. The number of carboxylic acids is 1. The molecule has 0 aliphatic rings. The Kier molecular flexibility index (Phi) is 3.87. The second-order valence-corrected chi connectivity index (χ2v) is 4.61. The van der Waals surface area contributed by atoms with Gasteiger partial charge in [-0.15, -0.1) is 0 Å². The molecule has 0 aliphatic heterocycles. The van der Waals surface area contributed by atoms with Crippen molar-refractivity contribution in [2.24, 2.45) is 0 Å². The minimum Gasteiger partial charge on any atom is -0.488 e. The van der Waals surface area contributed by atoms with Crippen molar-refractivity contribution in [3.8, 4) is 17.2 Å². The number of benzene rings is 2. The third-order valence-electron chi connectivity index (χ3n) is 3.08. The zero-order valence-electron chi connectivity index (χ0n) is 11.6. The number of hydrogen-bond donors (Lipinski definition) is 1. The minimum absolute atomic E-state index is 0.132. The minimum atomic E-state index is -1.13. The Morgan fingerprint density at radius 1 is 1.09 bits per heavy atom. The molecule has 0 spiro atoms. The summed E-state index contributed by atoms with van der Waals surface area (Å²) in [4.78, 5) is 14.8. The lowest BCUT2D eigenvalue weighted by Gasteiger charge is -2.09. The first kappa shape index (κ1) is 13.9. The Morgan fingerprint density at radius 2 is 1.82 bits per heavy atom. The Labute approximate surface area is 126 Å². The fraction of sp³-hybridized carbons (Fsp3) is 0.0588. The zero-order chi connectivity index (χ0) is 15.4. The Hall–Kier alpha value is -3.08. The molecule has 0 saturated heterocycles. The molecule has 0 radical (unpaired) electrons. The van der Waals surface area contributed by atoms with Crippen molar-refractivity contribution < 1.29 is 19.1 Å². The van der Waals surface area contributed by atoms with Gasteiger partial charge in [0.15, 0.2) is 5.69 Å². The molecule has 3 aromatic rings. The van der Waals surface area contributed by atoms with Gasteiger partial charge in [-0.05, 0) is 17.7 Å². The molecule has 0 unspecified atom stereocenters. The molecule has 0 aliphatic carbocycles. The van der Waals surface area contributed by atoms with Crippen LogP contribution in [0.3, 0.4) is 0 Å². The summed E-state index contributed by atoms with van der Waals surface area (Å²) >= 11 is 0. The van der Waals surface area contributed by atoms with Crippen LogP contribution in [0.25, 0.3) is 11.5 Å². The number of para-hydroxylation sites is 1. The van der Waals surface area contributed by atoms with E-state index in [-0.39, 0.29) is 11.6 Å². The molecule has 110 valence electrons. The van der Waals surface area contributed by atoms with Crippen LogP contribution < -0.4 is 4.74 Å². The van der Waals surface area contributed by atoms with Crippen molar-refractivity contribution in [2.45, 2.75) is 6.61 Å². The largest absolute Gasteiger partial charge is 0.488 e. The molecule has 1 aromatic heterocycles. The van der Waals surface area contributed by atoms with Gasteiger partial charge >= 0.3 is 5.97 Å². The van der Waals surface area contributed by atoms with Crippen molar-refractivity contribution >= 4 is 5.97 Å².